The maximum absolute atomic E-state index is 13.0. The van der Waals surface area contributed by atoms with Gasteiger partial charge in [0.25, 0.3) is 0 Å². The summed E-state index contributed by atoms with van der Waals surface area (Å²) < 4.78 is 13.0. The van der Waals surface area contributed by atoms with Crippen LogP contribution in [0.5, 0.6) is 0 Å². The highest BCUT2D eigenvalue weighted by atomic mass is 35.5. The summed E-state index contributed by atoms with van der Waals surface area (Å²) in [6.07, 6.45) is 2.52. The van der Waals surface area contributed by atoms with Crippen molar-refractivity contribution in [1.82, 2.24) is 5.32 Å². The Labute approximate surface area is 104 Å². The molecule has 1 aliphatic rings. The van der Waals surface area contributed by atoms with Crippen LogP contribution in [-0.4, -0.2) is 18.5 Å². The van der Waals surface area contributed by atoms with Crippen LogP contribution in [0.1, 0.15) is 19.3 Å². The highest BCUT2D eigenvalue weighted by Crippen LogP contribution is 2.18. The Hall–Kier alpha value is -1.13. The van der Waals surface area contributed by atoms with Crippen LogP contribution in [0.25, 0.3) is 0 Å². The number of amides is 1. The molecule has 0 aromatic heterocycles. The molecule has 17 heavy (non-hydrogen) atoms. The number of carbonyl (C=O) groups excluding carboxylic acids is 1. The summed E-state index contributed by atoms with van der Waals surface area (Å²) >= 11 is 5.70. The Kier molecular flexibility index (Phi) is 3.97. The van der Waals surface area contributed by atoms with E-state index >= 15 is 0 Å². The van der Waals surface area contributed by atoms with Crippen LogP contribution in [0.15, 0.2) is 18.2 Å². The zero-order valence-corrected chi connectivity index (χ0v) is 10.1. The van der Waals surface area contributed by atoms with Crippen molar-refractivity contribution in [1.29, 1.82) is 0 Å². The molecule has 92 valence electrons. The van der Waals surface area contributed by atoms with Crippen molar-refractivity contribution in [2.75, 3.05) is 11.9 Å². The highest BCUT2D eigenvalue weighted by Gasteiger charge is 2.17. The maximum Gasteiger partial charge on any atom is 0.225 e. The average molecular weight is 257 g/mol. The van der Waals surface area contributed by atoms with Crippen molar-refractivity contribution >= 4 is 23.2 Å². The van der Waals surface area contributed by atoms with Crippen molar-refractivity contribution in [2.45, 2.75) is 25.3 Å². The minimum absolute atomic E-state index is 0.119. The Balaban J connectivity index is 1.92. The first-order valence-electron chi connectivity index (χ1n) is 5.63. The van der Waals surface area contributed by atoms with Gasteiger partial charge < -0.3 is 10.6 Å². The molecule has 0 spiro atoms. The number of anilines is 1. The third-order valence-electron chi connectivity index (χ3n) is 2.74. The van der Waals surface area contributed by atoms with Gasteiger partial charge in [0.2, 0.25) is 5.91 Å². The van der Waals surface area contributed by atoms with Gasteiger partial charge >= 0.3 is 0 Å². The third kappa shape index (κ3) is 3.68. The first-order chi connectivity index (χ1) is 8.13. The Morgan fingerprint density at radius 1 is 1.53 bits per heavy atom. The van der Waals surface area contributed by atoms with Gasteiger partial charge in [0.15, 0.2) is 0 Å². The number of benzene rings is 1. The summed E-state index contributed by atoms with van der Waals surface area (Å²) in [5.41, 5.74) is 0.401. The van der Waals surface area contributed by atoms with Gasteiger partial charge in [-0.2, -0.15) is 0 Å². The van der Waals surface area contributed by atoms with E-state index in [9.17, 15) is 9.18 Å². The molecule has 1 amide bonds. The topological polar surface area (TPSA) is 41.1 Å². The highest BCUT2D eigenvalue weighted by molar-refractivity contribution is 6.30. The van der Waals surface area contributed by atoms with E-state index in [0.717, 1.165) is 19.4 Å². The maximum atomic E-state index is 13.0. The minimum atomic E-state index is -0.452. The van der Waals surface area contributed by atoms with Crippen LogP contribution in [0.4, 0.5) is 10.1 Å². The molecule has 1 fully saturated rings. The summed E-state index contributed by atoms with van der Waals surface area (Å²) in [4.78, 5) is 11.7. The van der Waals surface area contributed by atoms with E-state index in [4.69, 9.17) is 11.6 Å². The van der Waals surface area contributed by atoms with Gasteiger partial charge in [-0.1, -0.05) is 11.6 Å². The fourth-order valence-corrected chi connectivity index (χ4v) is 2.21. The average Bonchev–Trinajstić information content (AvgIpc) is 2.67. The van der Waals surface area contributed by atoms with Crippen LogP contribution < -0.4 is 10.6 Å². The van der Waals surface area contributed by atoms with Gasteiger partial charge in [-0.15, -0.1) is 0 Å². The molecular formula is C12H14ClFN2O. The molecule has 2 N–H and O–H groups in total. The molecule has 0 saturated carbocycles. The predicted octanol–water partition coefficient (Wildman–Crippen LogP) is 2.56. The first kappa shape index (κ1) is 12.3. The molecule has 1 heterocycles. The van der Waals surface area contributed by atoms with Crippen LogP contribution in [0.2, 0.25) is 5.02 Å². The number of carbonyl (C=O) groups is 1. The normalized spacial score (nSPS) is 19.3. The number of rotatable bonds is 3. The first-order valence-corrected chi connectivity index (χ1v) is 6.00. The lowest BCUT2D eigenvalue weighted by Gasteiger charge is -2.10. The van der Waals surface area contributed by atoms with E-state index in [1.807, 2.05) is 0 Å². The van der Waals surface area contributed by atoms with Gasteiger partial charge in [-0.25, -0.2) is 4.39 Å². The van der Waals surface area contributed by atoms with E-state index in [-0.39, 0.29) is 17.0 Å². The van der Waals surface area contributed by atoms with Crippen LogP contribution in [-0.2, 0) is 4.79 Å². The van der Waals surface area contributed by atoms with Crippen molar-refractivity contribution in [3.63, 3.8) is 0 Å². The quantitative estimate of drug-likeness (QED) is 0.873. The second-order valence-corrected chi connectivity index (χ2v) is 4.64. The molecule has 0 radical (unpaired) electrons. The predicted molar refractivity (Wildman–Crippen MR) is 65.7 cm³/mol. The van der Waals surface area contributed by atoms with Crippen LogP contribution >= 0.6 is 11.6 Å². The van der Waals surface area contributed by atoms with Gasteiger partial charge in [0, 0.05) is 23.2 Å². The zero-order valence-electron chi connectivity index (χ0n) is 9.30. The molecule has 2 rings (SSSR count). The Morgan fingerprint density at radius 2 is 2.35 bits per heavy atom. The fraction of sp³-hybridized carbons (Fsp3) is 0.417. The second kappa shape index (κ2) is 5.47. The van der Waals surface area contributed by atoms with E-state index < -0.39 is 5.82 Å². The molecule has 0 aliphatic carbocycles. The minimum Gasteiger partial charge on any atom is -0.326 e. The molecule has 5 heteroatoms. The number of halogens is 2. The SMILES string of the molecule is O=C(CC1CCCN1)Nc1cc(F)cc(Cl)c1. The Morgan fingerprint density at radius 3 is 3.00 bits per heavy atom. The van der Waals surface area contributed by atoms with Crippen molar-refractivity contribution in [3.8, 4) is 0 Å². The van der Waals surface area contributed by atoms with E-state index in [2.05, 4.69) is 10.6 Å². The van der Waals surface area contributed by atoms with Gasteiger partial charge in [-0.05, 0) is 37.6 Å². The molecule has 1 aliphatic heterocycles. The summed E-state index contributed by atoms with van der Waals surface area (Å²) in [5.74, 6) is -0.571. The van der Waals surface area contributed by atoms with Crippen molar-refractivity contribution in [3.05, 3.63) is 29.0 Å². The van der Waals surface area contributed by atoms with Crippen LogP contribution in [0.3, 0.4) is 0 Å². The lowest BCUT2D eigenvalue weighted by atomic mass is 10.1. The molecular weight excluding hydrogens is 243 g/mol. The van der Waals surface area contributed by atoms with Crippen molar-refractivity contribution < 1.29 is 9.18 Å². The summed E-state index contributed by atoms with van der Waals surface area (Å²) in [5, 5.41) is 6.16. The molecule has 1 atom stereocenters. The second-order valence-electron chi connectivity index (χ2n) is 4.20. The molecule has 1 aromatic rings. The molecule has 0 bridgehead atoms. The molecule has 1 aromatic carbocycles. The number of hydrogen-bond donors (Lipinski definition) is 2. The van der Waals surface area contributed by atoms with Crippen LogP contribution in [0, 0.1) is 5.82 Å². The molecule has 3 nitrogen and oxygen atoms in total. The molecule has 1 saturated heterocycles. The standard InChI is InChI=1S/C12H14ClFN2O/c13-8-4-9(14)6-11(5-8)16-12(17)7-10-2-1-3-15-10/h4-6,10,15H,1-3,7H2,(H,16,17). The summed E-state index contributed by atoms with van der Waals surface area (Å²) in [6, 6.07) is 4.23. The molecule has 1 unspecified atom stereocenters. The van der Waals surface area contributed by atoms with Gasteiger partial charge in [0.1, 0.15) is 5.82 Å². The van der Waals surface area contributed by atoms with Gasteiger partial charge in [0.05, 0.1) is 0 Å². The Bertz CT molecular complexity index is 399. The van der Waals surface area contributed by atoms with E-state index in [1.165, 1.54) is 18.2 Å². The zero-order chi connectivity index (χ0) is 12.3. The van der Waals surface area contributed by atoms with E-state index in [0.29, 0.717) is 12.1 Å². The van der Waals surface area contributed by atoms with E-state index in [1.54, 1.807) is 0 Å². The largest absolute Gasteiger partial charge is 0.326 e. The summed E-state index contributed by atoms with van der Waals surface area (Å²) in [6.45, 7) is 0.962. The lowest BCUT2D eigenvalue weighted by molar-refractivity contribution is -0.116. The van der Waals surface area contributed by atoms with Gasteiger partial charge in [-0.3, -0.25) is 4.79 Å². The number of hydrogen-bond acceptors (Lipinski definition) is 2. The fourth-order valence-electron chi connectivity index (χ4n) is 1.99. The monoisotopic (exact) mass is 256 g/mol. The van der Waals surface area contributed by atoms with Crippen molar-refractivity contribution in [2.24, 2.45) is 0 Å². The smallest absolute Gasteiger partial charge is 0.225 e. The third-order valence-corrected chi connectivity index (χ3v) is 2.96. The lowest BCUT2D eigenvalue weighted by Crippen LogP contribution is -2.27. The number of nitrogens with one attached hydrogen (secondary N) is 2. The summed E-state index contributed by atoms with van der Waals surface area (Å²) in [7, 11) is 0.